The molecule has 0 saturated carbocycles. The van der Waals surface area contributed by atoms with Gasteiger partial charge in [-0.2, -0.15) is 0 Å². The van der Waals surface area contributed by atoms with Crippen LogP contribution in [0, 0.1) is 0 Å². The van der Waals surface area contributed by atoms with E-state index in [-0.39, 0.29) is 0 Å². The van der Waals surface area contributed by atoms with Crippen molar-refractivity contribution in [1.29, 1.82) is 0 Å². The number of unbranched alkanes of at least 4 members (excludes halogenated alkanes) is 2. The van der Waals surface area contributed by atoms with Crippen LogP contribution in [0.25, 0.3) is 0 Å². The van der Waals surface area contributed by atoms with E-state index in [0.29, 0.717) is 0 Å². The molecule has 0 rings (SSSR count). The van der Waals surface area contributed by atoms with Crippen molar-refractivity contribution in [2.24, 2.45) is 0 Å². The Morgan fingerprint density at radius 1 is 1.23 bits per heavy atom. The number of hydrogen-bond acceptors (Lipinski definition) is 1. The Kier molecular flexibility index (Phi) is 11.6. The Morgan fingerprint density at radius 2 is 1.69 bits per heavy atom. The summed E-state index contributed by atoms with van der Waals surface area (Å²) in [5.74, 6) is 0. The van der Waals surface area contributed by atoms with E-state index in [4.69, 9.17) is 0 Å². The van der Waals surface area contributed by atoms with Gasteiger partial charge in [-0.05, 0) is 0 Å². The molecular formula is C9H18NNaSe2. The van der Waals surface area contributed by atoms with E-state index >= 15 is 0 Å². The molecule has 4 heteroatoms. The molecule has 0 aromatic carbocycles. The second-order valence-corrected chi connectivity index (χ2v) is 9.07. The fourth-order valence-electron chi connectivity index (χ4n) is 1.12. The average molecular weight is 321 g/mol. The van der Waals surface area contributed by atoms with Crippen LogP contribution < -0.4 is 0 Å². The summed E-state index contributed by atoms with van der Waals surface area (Å²) in [6.45, 7) is 7.07. The third-order valence-corrected chi connectivity index (χ3v) is 11.1. The zero-order valence-corrected chi connectivity index (χ0v) is 14.4. The van der Waals surface area contributed by atoms with Crippen LogP contribution in [-0.4, -0.2) is 72.9 Å². The van der Waals surface area contributed by atoms with Crippen molar-refractivity contribution in [3.8, 4) is 0 Å². The molecule has 72 valence electrons. The van der Waals surface area contributed by atoms with E-state index < -0.39 is 0 Å². The molecule has 0 saturated heterocycles. The topological polar surface area (TPSA) is 3.24 Å². The van der Waals surface area contributed by atoms with Crippen molar-refractivity contribution in [2.75, 3.05) is 13.1 Å². The second-order valence-electron chi connectivity index (χ2n) is 3.16. The summed E-state index contributed by atoms with van der Waals surface area (Å²) >= 11 is 4.59. The molecule has 0 amide bonds. The molecule has 0 N–H and O–H groups in total. The van der Waals surface area contributed by atoms with Gasteiger partial charge in [-0.1, -0.05) is 0 Å². The quantitative estimate of drug-likeness (QED) is 0.601. The van der Waals surface area contributed by atoms with Gasteiger partial charge in [0.2, 0.25) is 0 Å². The van der Waals surface area contributed by atoms with Gasteiger partial charge in [0.05, 0.1) is 0 Å². The van der Waals surface area contributed by atoms with Crippen molar-refractivity contribution in [3.05, 3.63) is 0 Å². The summed E-state index contributed by atoms with van der Waals surface area (Å²) in [5.41, 5.74) is 0. The van der Waals surface area contributed by atoms with E-state index in [1.165, 1.54) is 64.2 Å². The van der Waals surface area contributed by atoms with Gasteiger partial charge in [0.15, 0.2) is 0 Å². The van der Waals surface area contributed by atoms with Crippen molar-refractivity contribution in [2.45, 2.75) is 39.5 Å². The van der Waals surface area contributed by atoms with Crippen molar-refractivity contribution < 1.29 is 0 Å². The molecule has 0 aliphatic carbocycles. The van der Waals surface area contributed by atoms with Gasteiger partial charge in [-0.3, -0.25) is 0 Å². The SMILES string of the molecule is CCCCN(CCCC)C(=[Se])[Se][Na]. The monoisotopic (exact) mass is 323 g/mol. The molecule has 0 unspecified atom stereocenters. The molecule has 0 aromatic rings. The molecule has 1 nitrogen and oxygen atoms in total. The Bertz CT molecular complexity index is 134. The van der Waals surface area contributed by atoms with Gasteiger partial charge < -0.3 is 0 Å². The Hall–Kier alpha value is 1.71. The molecule has 0 radical (unpaired) electrons. The van der Waals surface area contributed by atoms with Crippen molar-refractivity contribution in [3.63, 3.8) is 0 Å². The van der Waals surface area contributed by atoms with Gasteiger partial charge in [0, 0.05) is 0 Å². The molecule has 0 heterocycles. The Labute approximate surface area is 111 Å². The summed E-state index contributed by atoms with van der Waals surface area (Å²) in [7, 11) is 0.779. The zero-order chi connectivity index (χ0) is 10.1. The predicted octanol–water partition coefficient (Wildman–Crippen LogP) is 0.932. The minimum absolute atomic E-state index is 0.779. The third-order valence-electron chi connectivity index (χ3n) is 2.00. The summed E-state index contributed by atoms with van der Waals surface area (Å²) in [5, 5.41) is 0. The number of nitrogens with zero attached hydrogens (tertiary/aromatic N) is 1. The zero-order valence-electron chi connectivity index (χ0n) is 9.01. The minimum atomic E-state index is 0.779. The van der Waals surface area contributed by atoms with E-state index in [0.717, 1.165) is 10.5 Å². The molecule has 0 bridgehead atoms. The van der Waals surface area contributed by atoms with Crippen LogP contribution in [-0.2, 0) is 0 Å². The maximum atomic E-state index is 3.25. The number of rotatable bonds is 8. The molecule has 0 aromatic heterocycles. The molecule has 0 spiro atoms. The molecule has 13 heavy (non-hydrogen) atoms. The molecule has 0 aliphatic rings. The molecule has 0 atom stereocenters. The summed E-state index contributed by atoms with van der Waals surface area (Å²) in [6.07, 6.45) is 5.30. The summed E-state index contributed by atoms with van der Waals surface area (Å²) in [6, 6.07) is 0. The van der Waals surface area contributed by atoms with Crippen LogP contribution in [0.15, 0.2) is 0 Å². The van der Waals surface area contributed by atoms with Crippen LogP contribution in [0.2, 0.25) is 0 Å². The van der Waals surface area contributed by atoms with Crippen LogP contribution in [0.4, 0.5) is 0 Å². The van der Waals surface area contributed by atoms with Crippen LogP contribution in [0.1, 0.15) is 39.5 Å². The first-order chi connectivity index (χ1) is 6.26. The van der Waals surface area contributed by atoms with E-state index in [1.807, 2.05) is 0 Å². The first-order valence-electron chi connectivity index (χ1n) is 5.09. The predicted molar refractivity (Wildman–Crippen MR) is 63.7 cm³/mol. The third kappa shape index (κ3) is 7.62. The van der Waals surface area contributed by atoms with Gasteiger partial charge in [-0.15, -0.1) is 0 Å². The number of hydrogen-bond donors (Lipinski definition) is 0. The van der Waals surface area contributed by atoms with E-state index in [2.05, 4.69) is 34.3 Å². The molecule has 0 fully saturated rings. The van der Waals surface area contributed by atoms with Crippen molar-refractivity contribution in [1.82, 2.24) is 4.90 Å². The van der Waals surface area contributed by atoms with Crippen LogP contribution in [0.5, 0.6) is 0 Å². The maximum absolute atomic E-state index is 3.25. The standard InChI is InChI=1S/C9H19NSe2.Na/c1-3-5-7-10(9(11)12)8-6-4-2;/h3-8H2,1-2H3,(H,11,12);/q;+1/p-1. The van der Waals surface area contributed by atoms with Gasteiger partial charge in [0.1, 0.15) is 0 Å². The van der Waals surface area contributed by atoms with Gasteiger partial charge in [-0.25, -0.2) is 0 Å². The molecule has 0 aliphatic heterocycles. The molecular weight excluding hydrogens is 303 g/mol. The fourth-order valence-corrected chi connectivity index (χ4v) is 3.77. The summed E-state index contributed by atoms with van der Waals surface area (Å²) < 4.78 is 1.56. The van der Waals surface area contributed by atoms with E-state index in [1.54, 1.807) is 3.44 Å². The van der Waals surface area contributed by atoms with Crippen LogP contribution >= 0.6 is 0 Å². The van der Waals surface area contributed by atoms with Gasteiger partial charge in [0.25, 0.3) is 0 Å². The Morgan fingerprint density at radius 3 is 2.00 bits per heavy atom. The normalized spacial score (nSPS) is 10.2. The summed E-state index contributed by atoms with van der Waals surface area (Å²) in [4.78, 5) is 2.57. The van der Waals surface area contributed by atoms with Crippen LogP contribution in [0.3, 0.4) is 0 Å². The Balaban J connectivity index is 3.79. The average Bonchev–Trinajstić information content (AvgIpc) is 2.17. The second kappa shape index (κ2) is 10.2. The van der Waals surface area contributed by atoms with Crippen molar-refractivity contribution >= 4 is 54.9 Å². The van der Waals surface area contributed by atoms with Gasteiger partial charge >= 0.3 is 112 Å². The fraction of sp³-hybridized carbons (Fsp3) is 0.889. The van der Waals surface area contributed by atoms with E-state index in [9.17, 15) is 0 Å². The first-order valence-corrected chi connectivity index (χ1v) is 12.8. The first kappa shape index (κ1) is 14.7.